The zero-order chi connectivity index (χ0) is 12.3. The first-order chi connectivity index (χ1) is 8.13. The second-order valence-electron chi connectivity index (χ2n) is 4.79. The molecule has 0 aliphatic carbocycles. The highest BCUT2D eigenvalue weighted by atomic mass is 16.2. The van der Waals surface area contributed by atoms with Gasteiger partial charge in [0.05, 0.1) is 5.54 Å². The van der Waals surface area contributed by atoms with Crippen LogP contribution < -0.4 is 10.2 Å². The Morgan fingerprint density at radius 2 is 2.12 bits per heavy atom. The zero-order valence-electron chi connectivity index (χ0n) is 10.4. The van der Waals surface area contributed by atoms with Crippen LogP contribution in [0.15, 0.2) is 24.5 Å². The third-order valence-electron chi connectivity index (χ3n) is 3.45. The molecule has 1 atom stereocenters. The van der Waals surface area contributed by atoms with Crippen LogP contribution in [0.25, 0.3) is 0 Å². The monoisotopic (exact) mass is 233 g/mol. The normalized spacial score (nSPS) is 24.4. The van der Waals surface area contributed by atoms with E-state index >= 15 is 0 Å². The van der Waals surface area contributed by atoms with Crippen LogP contribution in [-0.2, 0) is 4.79 Å². The lowest BCUT2D eigenvalue weighted by atomic mass is 9.89. The number of hydrogen-bond acceptors (Lipinski definition) is 3. The molecular weight excluding hydrogens is 214 g/mol. The second kappa shape index (κ2) is 4.84. The Hall–Kier alpha value is -1.42. The Kier molecular flexibility index (Phi) is 3.43. The summed E-state index contributed by atoms with van der Waals surface area (Å²) in [6.45, 7) is 2.92. The van der Waals surface area contributed by atoms with Crippen molar-refractivity contribution in [1.82, 2.24) is 10.3 Å². The topological polar surface area (TPSA) is 45.2 Å². The molecule has 2 heterocycles. The van der Waals surface area contributed by atoms with E-state index in [0.717, 1.165) is 31.5 Å². The quantitative estimate of drug-likeness (QED) is 0.843. The fourth-order valence-corrected chi connectivity index (χ4v) is 2.29. The highest BCUT2D eigenvalue weighted by Crippen LogP contribution is 2.23. The van der Waals surface area contributed by atoms with Crippen molar-refractivity contribution in [2.24, 2.45) is 0 Å². The fraction of sp³-hybridized carbons (Fsp3) is 0.538. The van der Waals surface area contributed by atoms with Gasteiger partial charge < -0.3 is 10.2 Å². The van der Waals surface area contributed by atoms with Gasteiger partial charge in [0.2, 0.25) is 5.91 Å². The Labute approximate surface area is 102 Å². The molecule has 17 heavy (non-hydrogen) atoms. The summed E-state index contributed by atoms with van der Waals surface area (Å²) in [4.78, 5) is 18.1. The molecule has 1 amide bonds. The van der Waals surface area contributed by atoms with E-state index in [1.54, 1.807) is 17.3 Å². The predicted molar refractivity (Wildman–Crippen MR) is 67.9 cm³/mol. The van der Waals surface area contributed by atoms with Crippen molar-refractivity contribution >= 4 is 11.6 Å². The highest BCUT2D eigenvalue weighted by molar-refractivity contribution is 5.99. The molecular formula is C13H19N3O. The molecule has 1 N–H and O–H groups in total. The van der Waals surface area contributed by atoms with E-state index < -0.39 is 5.54 Å². The first-order valence-electron chi connectivity index (χ1n) is 6.07. The van der Waals surface area contributed by atoms with Gasteiger partial charge in [0.15, 0.2) is 0 Å². The van der Waals surface area contributed by atoms with Crippen molar-refractivity contribution < 1.29 is 4.79 Å². The number of nitrogens with zero attached hydrogens (tertiary/aromatic N) is 2. The van der Waals surface area contributed by atoms with Crippen LogP contribution in [0, 0.1) is 0 Å². The maximum absolute atomic E-state index is 12.5. The zero-order valence-corrected chi connectivity index (χ0v) is 10.4. The smallest absolute Gasteiger partial charge is 0.246 e. The molecule has 0 bridgehead atoms. The number of carbonyl (C=O) groups is 1. The summed E-state index contributed by atoms with van der Waals surface area (Å²) in [6.07, 6.45) is 6.58. The van der Waals surface area contributed by atoms with Gasteiger partial charge in [-0.2, -0.15) is 0 Å². The standard InChI is InChI=1S/C13H19N3O/c1-13(7-3-4-8-15-13)12(17)16(2)11-5-9-14-10-6-11/h5-6,9-10,15H,3-4,7-8H2,1-2H3. The van der Waals surface area contributed by atoms with Gasteiger partial charge in [0.1, 0.15) is 0 Å². The number of hydrogen-bond donors (Lipinski definition) is 1. The molecule has 1 saturated heterocycles. The summed E-state index contributed by atoms with van der Waals surface area (Å²) in [5, 5.41) is 3.34. The Bertz CT molecular complexity index is 385. The average molecular weight is 233 g/mol. The third kappa shape index (κ3) is 2.47. The van der Waals surface area contributed by atoms with Gasteiger partial charge in [-0.25, -0.2) is 0 Å². The maximum Gasteiger partial charge on any atom is 0.246 e. The third-order valence-corrected chi connectivity index (χ3v) is 3.45. The van der Waals surface area contributed by atoms with Gasteiger partial charge in [0, 0.05) is 25.1 Å². The summed E-state index contributed by atoms with van der Waals surface area (Å²) < 4.78 is 0. The van der Waals surface area contributed by atoms with E-state index in [1.165, 1.54) is 0 Å². The molecule has 1 aliphatic rings. The van der Waals surface area contributed by atoms with E-state index in [4.69, 9.17) is 0 Å². The fourth-order valence-electron chi connectivity index (χ4n) is 2.29. The largest absolute Gasteiger partial charge is 0.314 e. The van der Waals surface area contributed by atoms with Crippen LogP contribution in [0.5, 0.6) is 0 Å². The van der Waals surface area contributed by atoms with Gasteiger partial charge in [0.25, 0.3) is 0 Å². The molecule has 1 aromatic rings. The first-order valence-corrected chi connectivity index (χ1v) is 6.07. The number of rotatable bonds is 2. The highest BCUT2D eigenvalue weighted by Gasteiger charge is 2.36. The van der Waals surface area contributed by atoms with E-state index in [1.807, 2.05) is 26.1 Å². The van der Waals surface area contributed by atoms with Gasteiger partial charge in [-0.05, 0) is 44.9 Å². The van der Waals surface area contributed by atoms with Crippen LogP contribution in [-0.4, -0.2) is 30.0 Å². The molecule has 1 fully saturated rings. The molecule has 1 aromatic heterocycles. The Morgan fingerprint density at radius 3 is 2.71 bits per heavy atom. The molecule has 0 aromatic carbocycles. The first kappa shape index (κ1) is 12.0. The van der Waals surface area contributed by atoms with Crippen molar-refractivity contribution in [2.75, 3.05) is 18.5 Å². The van der Waals surface area contributed by atoms with Crippen LogP contribution in [0.4, 0.5) is 5.69 Å². The van der Waals surface area contributed by atoms with Crippen molar-refractivity contribution in [3.63, 3.8) is 0 Å². The Morgan fingerprint density at radius 1 is 1.41 bits per heavy atom. The van der Waals surface area contributed by atoms with E-state index in [2.05, 4.69) is 10.3 Å². The number of likely N-dealkylation sites (N-methyl/N-ethyl adjacent to an activating group) is 1. The summed E-state index contributed by atoms with van der Waals surface area (Å²) in [7, 11) is 1.82. The minimum atomic E-state index is -0.420. The van der Waals surface area contributed by atoms with Crippen LogP contribution in [0.2, 0.25) is 0 Å². The number of anilines is 1. The number of nitrogens with one attached hydrogen (secondary N) is 1. The van der Waals surface area contributed by atoms with Crippen molar-refractivity contribution in [3.05, 3.63) is 24.5 Å². The Balaban J connectivity index is 2.14. The summed E-state index contributed by atoms with van der Waals surface area (Å²) >= 11 is 0. The molecule has 4 heteroatoms. The van der Waals surface area contributed by atoms with Crippen molar-refractivity contribution in [3.8, 4) is 0 Å². The molecule has 4 nitrogen and oxygen atoms in total. The number of pyridine rings is 1. The van der Waals surface area contributed by atoms with Crippen LogP contribution in [0.1, 0.15) is 26.2 Å². The van der Waals surface area contributed by atoms with Crippen molar-refractivity contribution in [2.45, 2.75) is 31.7 Å². The van der Waals surface area contributed by atoms with Crippen LogP contribution >= 0.6 is 0 Å². The number of amides is 1. The van der Waals surface area contributed by atoms with Gasteiger partial charge in [-0.1, -0.05) is 0 Å². The van der Waals surface area contributed by atoms with Gasteiger partial charge in [-0.15, -0.1) is 0 Å². The van der Waals surface area contributed by atoms with Gasteiger partial charge in [-0.3, -0.25) is 9.78 Å². The van der Waals surface area contributed by atoms with E-state index in [9.17, 15) is 4.79 Å². The minimum Gasteiger partial charge on any atom is -0.314 e. The van der Waals surface area contributed by atoms with Crippen molar-refractivity contribution in [1.29, 1.82) is 0 Å². The molecule has 92 valence electrons. The minimum absolute atomic E-state index is 0.128. The molecule has 1 unspecified atom stereocenters. The van der Waals surface area contributed by atoms with E-state index in [0.29, 0.717) is 0 Å². The molecule has 0 spiro atoms. The van der Waals surface area contributed by atoms with Crippen LogP contribution in [0.3, 0.4) is 0 Å². The predicted octanol–water partition coefficient (Wildman–Crippen LogP) is 1.58. The lowest BCUT2D eigenvalue weighted by Gasteiger charge is -2.36. The molecule has 0 radical (unpaired) electrons. The lowest BCUT2D eigenvalue weighted by molar-refractivity contribution is -0.124. The summed E-state index contributed by atoms with van der Waals surface area (Å²) in [6, 6.07) is 3.70. The molecule has 2 rings (SSSR count). The molecule has 0 saturated carbocycles. The summed E-state index contributed by atoms with van der Waals surface area (Å²) in [5.74, 6) is 0.128. The lowest BCUT2D eigenvalue weighted by Crippen LogP contribution is -2.57. The number of carbonyl (C=O) groups excluding carboxylic acids is 1. The number of piperidine rings is 1. The second-order valence-corrected chi connectivity index (χ2v) is 4.79. The average Bonchev–Trinajstić information content (AvgIpc) is 2.39. The summed E-state index contributed by atoms with van der Waals surface area (Å²) in [5.41, 5.74) is 0.467. The molecule has 1 aliphatic heterocycles. The SMILES string of the molecule is CN(C(=O)C1(C)CCCCN1)c1ccncc1. The van der Waals surface area contributed by atoms with E-state index in [-0.39, 0.29) is 5.91 Å². The number of aromatic nitrogens is 1. The van der Waals surface area contributed by atoms with Gasteiger partial charge >= 0.3 is 0 Å². The maximum atomic E-state index is 12.5.